The molecule has 2 rings (SSSR count). The summed E-state index contributed by atoms with van der Waals surface area (Å²) in [5.74, 6) is 0. The summed E-state index contributed by atoms with van der Waals surface area (Å²) in [5, 5.41) is 3.36. The molecule has 1 N–H and O–H groups in total. The van der Waals surface area contributed by atoms with Gasteiger partial charge in [0, 0.05) is 13.2 Å². The van der Waals surface area contributed by atoms with E-state index in [0.29, 0.717) is 12.2 Å². The summed E-state index contributed by atoms with van der Waals surface area (Å²) in [4.78, 5) is 0. The summed E-state index contributed by atoms with van der Waals surface area (Å²) in [6, 6.07) is 0. The Morgan fingerprint density at radius 1 is 1.15 bits per heavy atom. The molecule has 1 unspecified atom stereocenters. The van der Waals surface area contributed by atoms with Gasteiger partial charge in [-0.25, -0.2) is 0 Å². The van der Waals surface area contributed by atoms with E-state index in [1.807, 2.05) is 0 Å². The van der Waals surface area contributed by atoms with Crippen LogP contribution in [-0.4, -0.2) is 38.5 Å². The standard InChI is InChI=1S/C10H19NO2/c1-3-9(7-11-5-1)13-10-4-2-6-12-8-10/h9-11H,1-8H2/t9-,10?/m0/s1. The van der Waals surface area contributed by atoms with Crippen LogP contribution in [0.25, 0.3) is 0 Å². The largest absolute Gasteiger partial charge is 0.379 e. The molecule has 3 heteroatoms. The summed E-state index contributed by atoms with van der Waals surface area (Å²) < 4.78 is 11.3. The van der Waals surface area contributed by atoms with E-state index in [1.54, 1.807) is 0 Å². The highest BCUT2D eigenvalue weighted by Crippen LogP contribution is 2.15. The molecule has 76 valence electrons. The van der Waals surface area contributed by atoms with Crippen molar-refractivity contribution < 1.29 is 9.47 Å². The summed E-state index contributed by atoms with van der Waals surface area (Å²) in [6.45, 7) is 3.90. The van der Waals surface area contributed by atoms with Crippen LogP contribution in [0.15, 0.2) is 0 Å². The van der Waals surface area contributed by atoms with Gasteiger partial charge in [-0.2, -0.15) is 0 Å². The Morgan fingerprint density at radius 2 is 2.08 bits per heavy atom. The van der Waals surface area contributed by atoms with Crippen molar-refractivity contribution in [1.82, 2.24) is 5.32 Å². The van der Waals surface area contributed by atoms with E-state index in [2.05, 4.69) is 5.32 Å². The number of ether oxygens (including phenoxy) is 2. The Morgan fingerprint density at radius 3 is 2.77 bits per heavy atom. The Labute approximate surface area is 79.8 Å². The van der Waals surface area contributed by atoms with Gasteiger partial charge in [0.2, 0.25) is 0 Å². The van der Waals surface area contributed by atoms with Crippen LogP contribution >= 0.6 is 0 Å². The Hall–Kier alpha value is -0.120. The average molecular weight is 185 g/mol. The minimum absolute atomic E-state index is 0.360. The summed E-state index contributed by atoms with van der Waals surface area (Å²) in [5.41, 5.74) is 0. The second kappa shape index (κ2) is 4.94. The van der Waals surface area contributed by atoms with E-state index in [1.165, 1.54) is 19.3 Å². The first-order valence-electron chi connectivity index (χ1n) is 5.39. The van der Waals surface area contributed by atoms with Crippen LogP contribution in [0.5, 0.6) is 0 Å². The molecule has 2 saturated heterocycles. The molecule has 0 radical (unpaired) electrons. The fraction of sp³-hybridized carbons (Fsp3) is 1.00. The molecule has 13 heavy (non-hydrogen) atoms. The second-order valence-electron chi connectivity index (χ2n) is 3.94. The predicted molar refractivity (Wildman–Crippen MR) is 50.8 cm³/mol. The van der Waals surface area contributed by atoms with Crippen molar-refractivity contribution in [3.8, 4) is 0 Å². The summed E-state index contributed by atoms with van der Waals surface area (Å²) in [7, 11) is 0. The lowest BCUT2D eigenvalue weighted by Gasteiger charge is -2.30. The van der Waals surface area contributed by atoms with Crippen LogP contribution in [0, 0.1) is 0 Å². The van der Waals surface area contributed by atoms with Crippen LogP contribution in [0.3, 0.4) is 0 Å². The van der Waals surface area contributed by atoms with Gasteiger partial charge in [0.1, 0.15) is 0 Å². The minimum atomic E-state index is 0.360. The van der Waals surface area contributed by atoms with Crippen LogP contribution in [0.1, 0.15) is 25.7 Å². The maximum absolute atomic E-state index is 5.94. The zero-order valence-electron chi connectivity index (χ0n) is 8.13. The van der Waals surface area contributed by atoms with Gasteiger partial charge in [-0.1, -0.05) is 0 Å². The lowest BCUT2D eigenvalue weighted by molar-refractivity contribution is -0.0884. The van der Waals surface area contributed by atoms with E-state index < -0.39 is 0 Å². The fourth-order valence-corrected chi connectivity index (χ4v) is 2.03. The van der Waals surface area contributed by atoms with Crippen molar-refractivity contribution in [2.75, 3.05) is 26.3 Å². The number of hydrogen-bond acceptors (Lipinski definition) is 3. The first kappa shape index (κ1) is 9.44. The van der Waals surface area contributed by atoms with E-state index in [-0.39, 0.29) is 0 Å². The smallest absolute Gasteiger partial charge is 0.0813 e. The molecular weight excluding hydrogens is 166 g/mol. The number of piperidine rings is 1. The van der Waals surface area contributed by atoms with Gasteiger partial charge in [0.25, 0.3) is 0 Å². The first-order chi connectivity index (χ1) is 6.45. The van der Waals surface area contributed by atoms with E-state index in [9.17, 15) is 0 Å². The normalized spacial score (nSPS) is 36.0. The van der Waals surface area contributed by atoms with E-state index in [0.717, 1.165) is 32.7 Å². The molecule has 0 aromatic carbocycles. The molecule has 2 fully saturated rings. The molecule has 0 amide bonds. The Kier molecular flexibility index (Phi) is 3.58. The molecule has 0 aromatic heterocycles. The van der Waals surface area contributed by atoms with Gasteiger partial charge in [0.05, 0.1) is 18.8 Å². The molecule has 2 aliphatic heterocycles. The van der Waals surface area contributed by atoms with Crippen molar-refractivity contribution in [3.05, 3.63) is 0 Å². The highest BCUT2D eigenvalue weighted by molar-refractivity contribution is 4.72. The van der Waals surface area contributed by atoms with Crippen molar-refractivity contribution >= 4 is 0 Å². The van der Waals surface area contributed by atoms with Crippen molar-refractivity contribution in [2.24, 2.45) is 0 Å². The molecule has 0 aromatic rings. The molecule has 2 atom stereocenters. The van der Waals surface area contributed by atoms with Gasteiger partial charge in [0.15, 0.2) is 0 Å². The van der Waals surface area contributed by atoms with Gasteiger partial charge in [-0.3, -0.25) is 0 Å². The maximum Gasteiger partial charge on any atom is 0.0813 e. The Bertz CT molecular complexity index is 124. The SMILES string of the molecule is C1COCC(O[C@H]2CCCNC2)C1. The van der Waals surface area contributed by atoms with Gasteiger partial charge in [-0.15, -0.1) is 0 Å². The Balaban J connectivity index is 1.69. The zero-order chi connectivity index (χ0) is 8.93. The third-order valence-electron chi connectivity index (χ3n) is 2.76. The average Bonchev–Trinajstić information content (AvgIpc) is 2.21. The topological polar surface area (TPSA) is 30.5 Å². The molecule has 3 nitrogen and oxygen atoms in total. The van der Waals surface area contributed by atoms with Crippen LogP contribution in [-0.2, 0) is 9.47 Å². The van der Waals surface area contributed by atoms with Crippen molar-refractivity contribution in [1.29, 1.82) is 0 Å². The van der Waals surface area contributed by atoms with Gasteiger partial charge >= 0.3 is 0 Å². The highest BCUT2D eigenvalue weighted by Gasteiger charge is 2.20. The number of nitrogens with one attached hydrogen (secondary N) is 1. The maximum atomic E-state index is 5.94. The molecule has 0 saturated carbocycles. The lowest BCUT2D eigenvalue weighted by atomic mass is 10.1. The monoisotopic (exact) mass is 185 g/mol. The lowest BCUT2D eigenvalue weighted by Crippen LogP contribution is -2.39. The molecule has 2 aliphatic rings. The van der Waals surface area contributed by atoms with E-state index in [4.69, 9.17) is 9.47 Å². The van der Waals surface area contributed by atoms with E-state index >= 15 is 0 Å². The zero-order valence-corrected chi connectivity index (χ0v) is 8.13. The summed E-state index contributed by atoms with van der Waals surface area (Å²) in [6.07, 6.45) is 5.59. The molecular formula is C10H19NO2. The molecule has 0 aliphatic carbocycles. The number of hydrogen-bond donors (Lipinski definition) is 1. The fourth-order valence-electron chi connectivity index (χ4n) is 2.03. The van der Waals surface area contributed by atoms with Crippen molar-refractivity contribution in [3.63, 3.8) is 0 Å². The number of rotatable bonds is 2. The second-order valence-corrected chi connectivity index (χ2v) is 3.94. The minimum Gasteiger partial charge on any atom is -0.379 e. The third kappa shape index (κ3) is 2.93. The van der Waals surface area contributed by atoms with Crippen LogP contribution in [0.2, 0.25) is 0 Å². The molecule has 2 heterocycles. The van der Waals surface area contributed by atoms with Crippen molar-refractivity contribution in [2.45, 2.75) is 37.9 Å². The highest BCUT2D eigenvalue weighted by atomic mass is 16.5. The third-order valence-corrected chi connectivity index (χ3v) is 2.76. The van der Waals surface area contributed by atoms with Gasteiger partial charge < -0.3 is 14.8 Å². The predicted octanol–water partition coefficient (Wildman–Crippen LogP) is 0.934. The quantitative estimate of drug-likeness (QED) is 0.694. The first-order valence-corrected chi connectivity index (χ1v) is 5.39. The summed E-state index contributed by atoms with van der Waals surface area (Å²) >= 11 is 0. The molecule has 0 bridgehead atoms. The van der Waals surface area contributed by atoms with Gasteiger partial charge in [-0.05, 0) is 32.2 Å². The molecule has 0 spiro atoms. The van der Waals surface area contributed by atoms with Crippen LogP contribution in [0.4, 0.5) is 0 Å². The van der Waals surface area contributed by atoms with Crippen LogP contribution < -0.4 is 5.32 Å².